The van der Waals surface area contributed by atoms with E-state index in [-0.39, 0.29) is 11.9 Å². The number of rotatable bonds is 4. The topological polar surface area (TPSA) is 29.3 Å². The SMILES string of the molecule is CN(c1cccc(F)c1)C(CN)c1ccc(Cl)cc1Br. The summed E-state index contributed by atoms with van der Waals surface area (Å²) in [6.07, 6.45) is 0. The van der Waals surface area contributed by atoms with E-state index in [0.29, 0.717) is 11.6 Å². The maximum Gasteiger partial charge on any atom is 0.125 e. The zero-order valence-electron chi connectivity index (χ0n) is 11.0. The molecule has 0 bridgehead atoms. The van der Waals surface area contributed by atoms with Gasteiger partial charge in [0.05, 0.1) is 6.04 Å². The Hall–Kier alpha value is -1.10. The van der Waals surface area contributed by atoms with Gasteiger partial charge in [0.1, 0.15) is 5.82 Å². The van der Waals surface area contributed by atoms with E-state index in [1.165, 1.54) is 12.1 Å². The largest absolute Gasteiger partial charge is 0.366 e. The number of hydrogen-bond acceptors (Lipinski definition) is 2. The van der Waals surface area contributed by atoms with Crippen LogP contribution < -0.4 is 10.6 Å². The quantitative estimate of drug-likeness (QED) is 0.880. The summed E-state index contributed by atoms with van der Waals surface area (Å²) in [5.74, 6) is -0.264. The smallest absolute Gasteiger partial charge is 0.125 e. The minimum atomic E-state index is -0.264. The summed E-state index contributed by atoms with van der Waals surface area (Å²) in [4.78, 5) is 1.96. The number of nitrogens with two attached hydrogens (primary N) is 1. The second-order valence-electron chi connectivity index (χ2n) is 4.51. The van der Waals surface area contributed by atoms with Crippen molar-refractivity contribution in [1.29, 1.82) is 0 Å². The van der Waals surface area contributed by atoms with Crippen molar-refractivity contribution in [3.63, 3.8) is 0 Å². The van der Waals surface area contributed by atoms with Crippen molar-refractivity contribution < 1.29 is 4.39 Å². The van der Waals surface area contributed by atoms with Crippen molar-refractivity contribution in [3.8, 4) is 0 Å². The molecule has 106 valence electrons. The third kappa shape index (κ3) is 3.32. The van der Waals surface area contributed by atoms with E-state index in [9.17, 15) is 4.39 Å². The number of benzene rings is 2. The first-order valence-corrected chi connectivity index (χ1v) is 7.33. The maximum absolute atomic E-state index is 13.3. The molecule has 0 saturated heterocycles. The first-order chi connectivity index (χ1) is 9.52. The molecule has 5 heteroatoms. The van der Waals surface area contributed by atoms with Gasteiger partial charge >= 0.3 is 0 Å². The number of anilines is 1. The zero-order chi connectivity index (χ0) is 14.7. The summed E-state index contributed by atoms with van der Waals surface area (Å²) in [6, 6.07) is 12.0. The second-order valence-corrected chi connectivity index (χ2v) is 5.80. The molecule has 0 aliphatic heterocycles. The van der Waals surface area contributed by atoms with E-state index in [0.717, 1.165) is 15.7 Å². The van der Waals surface area contributed by atoms with Gasteiger partial charge in [0, 0.05) is 28.8 Å². The summed E-state index contributed by atoms with van der Waals surface area (Å²) in [5.41, 5.74) is 7.70. The van der Waals surface area contributed by atoms with Crippen LogP contribution in [-0.4, -0.2) is 13.6 Å². The van der Waals surface area contributed by atoms with Crippen molar-refractivity contribution in [1.82, 2.24) is 0 Å². The van der Waals surface area contributed by atoms with Crippen LogP contribution >= 0.6 is 27.5 Å². The standard InChI is InChI=1S/C15H15BrClFN2/c1-20(12-4-2-3-11(18)8-12)15(9-19)13-6-5-10(17)7-14(13)16/h2-8,15H,9,19H2,1H3. The fourth-order valence-electron chi connectivity index (χ4n) is 2.14. The highest BCUT2D eigenvalue weighted by atomic mass is 79.9. The molecule has 2 N–H and O–H groups in total. The Morgan fingerprint density at radius 3 is 2.65 bits per heavy atom. The molecule has 0 radical (unpaired) electrons. The minimum absolute atomic E-state index is 0.0663. The Kier molecular flexibility index (Phi) is 5.02. The van der Waals surface area contributed by atoms with Crippen LogP contribution in [0.2, 0.25) is 5.02 Å². The lowest BCUT2D eigenvalue weighted by molar-refractivity contribution is 0.623. The Morgan fingerprint density at radius 1 is 1.30 bits per heavy atom. The molecule has 20 heavy (non-hydrogen) atoms. The molecule has 0 heterocycles. The van der Waals surface area contributed by atoms with Gasteiger partial charge in [0.2, 0.25) is 0 Å². The first-order valence-electron chi connectivity index (χ1n) is 6.16. The highest BCUT2D eigenvalue weighted by Gasteiger charge is 2.19. The maximum atomic E-state index is 13.3. The third-order valence-electron chi connectivity index (χ3n) is 3.23. The highest BCUT2D eigenvalue weighted by Crippen LogP contribution is 2.31. The van der Waals surface area contributed by atoms with Crippen LogP contribution in [0.5, 0.6) is 0 Å². The molecule has 1 unspecified atom stereocenters. The number of halogens is 3. The Balaban J connectivity index is 2.36. The van der Waals surface area contributed by atoms with Crippen molar-refractivity contribution in [2.45, 2.75) is 6.04 Å². The molecule has 2 aromatic carbocycles. The van der Waals surface area contributed by atoms with Crippen LogP contribution in [0, 0.1) is 5.82 Å². The molecule has 1 atom stereocenters. The van der Waals surface area contributed by atoms with Crippen LogP contribution in [0.4, 0.5) is 10.1 Å². The summed E-state index contributed by atoms with van der Waals surface area (Å²) >= 11 is 9.46. The second kappa shape index (κ2) is 6.57. The van der Waals surface area contributed by atoms with E-state index in [1.807, 2.05) is 36.2 Å². The predicted octanol–water partition coefficient (Wildman–Crippen LogP) is 4.38. The van der Waals surface area contributed by atoms with Crippen LogP contribution in [0.3, 0.4) is 0 Å². The molecule has 0 aliphatic carbocycles. The van der Waals surface area contributed by atoms with E-state index in [2.05, 4.69) is 15.9 Å². The van der Waals surface area contributed by atoms with E-state index < -0.39 is 0 Å². The van der Waals surface area contributed by atoms with Gasteiger partial charge in [-0.1, -0.05) is 39.7 Å². The third-order valence-corrected chi connectivity index (χ3v) is 4.15. The Morgan fingerprint density at radius 2 is 2.05 bits per heavy atom. The lowest BCUT2D eigenvalue weighted by Crippen LogP contribution is -2.30. The van der Waals surface area contributed by atoms with Gasteiger partial charge in [-0.15, -0.1) is 0 Å². The molecule has 0 saturated carbocycles. The average Bonchev–Trinajstić information content (AvgIpc) is 2.41. The Bertz CT molecular complexity index is 606. The molecule has 2 rings (SSSR count). The molecular weight excluding hydrogens is 343 g/mol. The van der Waals surface area contributed by atoms with Crippen LogP contribution in [0.25, 0.3) is 0 Å². The number of nitrogens with zero attached hydrogens (tertiary/aromatic N) is 1. The average molecular weight is 358 g/mol. The van der Waals surface area contributed by atoms with Crippen LogP contribution in [-0.2, 0) is 0 Å². The van der Waals surface area contributed by atoms with Gasteiger partial charge in [-0.2, -0.15) is 0 Å². The number of likely N-dealkylation sites (N-methyl/N-ethyl adjacent to an activating group) is 1. The van der Waals surface area contributed by atoms with Crippen LogP contribution in [0.1, 0.15) is 11.6 Å². The normalized spacial score (nSPS) is 12.2. The fourth-order valence-corrected chi connectivity index (χ4v) is 3.09. The molecule has 0 spiro atoms. The fraction of sp³-hybridized carbons (Fsp3) is 0.200. The van der Waals surface area contributed by atoms with Gasteiger partial charge in [0.15, 0.2) is 0 Å². The summed E-state index contributed by atoms with van der Waals surface area (Å²) in [5, 5.41) is 0.657. The van der Waals surface area contributed by atoms with Gasteiger partial charge < -0.3 is 10.6 Å². The lowest BCUT2D eigenvalue weighted by Gasteiger charge is -2.30. The number of hydrogen-bond donors (Lipinski definition) is 1. The van der Waals surface area contributed by atoms with Gasteiger partial charge in [0.25, 0.3) is 0 Å². The van der Waals surface area contributed by atoms with E-state index in [4.69, 9.17) is 17.3 Å². The predicted molar refractivity (Wildman–Crippen MR) is 85.8 cm³/mol. The van der Waals surface area contributed by atoms with Gasteiger partial charge in [-0.05, 0) is 35.9 Å². The molecule has 0 aromatic heterocycles. The van der Waals surface area contributed by atoms with Crippen molar-refractivity contribution in [2.24, 2.45) is 5.73 Å². The van der Waals surface area contributed by atoms with Gasteiger partial charge in [-0.3, -0.25) is 0 Å². The zero-order valence-corrected chi connectivity index (χ0v) is 13.3. The molecule has 0 amide bonds. The summed E-state index contributed by atoms with van der Waals surface area (Å²) < 4.78 is 14.2. The highest BCUT2D eigenvalue weighted by molar-refractivity contribution is 9.10. The summed E-state index contributed by atoms with van der Waals surface area (Å²) in [6.45, 7) is 0.410. The molecule has 0 fully saturated rings. The molecule has 0 aliphatic rings. The minimum Gasteiger partial charge on any atom is -0.366 e. The van der Waals surface area contributed by atoms with E-state index >= 15 is 0 Å². The van der Waals surface area contributed by atoms with Crippen molar-refractivity contribution in [2.75, 3.05) is 18.5 Å². The van der Waals surface area contributed by atoms with Crippen molar-refractivity contribution >= 4 is 33.2 Å². The van der Waals surface area contributed by atoms with Crippen molar-refractivity contribution in [3.05, 3.63) is 63.3 Å². The molecule has 2 aromatic rings. The molecule has 2 nitrogen and oxygen atoms in total. The van der Waals surface area contributed by atoms with Crippen LogP contribution in [0.15, 0.2) is 46.9 Å². The summed E-state index contributed by atoms with van der Waals surface area (Å²) in [7, 11) is 1.90. The van der Waals surface area contributed by atoms with E-state index in [1.54, 1.807) is 6.07 Å². The lowest BCUT2D eigenvalue weighted by atomic mass is 10.1. The monoisotopic (exact) mass is 356 g/mol. The van der Waals surface area contributed by atoms with Gasteiger partial charge in [-0.25, -0.2) is 4.39 Å². The molecular formula is C15H15BrClFN2. The Labute approximate surface area is 131 Å². The first kappa shape index (κ1) is 15.3.